The number of carboxylic acids is 1. The molecular formula is C14H18F2N2O3S. The maximum atomic E-state index is 13.1. The number of carbonyl (C=O) groups is 2. The van der Waals surface area contributed by atoms with E-state index < -0.39 is 35.6 Å². The van der Waals surface area contributed by atoms with Crippen molar-refractivity contribution in [3.63, 3.8) is 0 Å². The normalized spacial score (nSPS) is 13.5. The third kappa shape index (κ3) is 5.61. The van der Waals surface area contributed by atoms with Crippen LogP contribution in [-0.2, 0) is 16.0 Å². The summed E-state index contributed by atoms with van der Waals surface area (Å²) in [5, 5.41) is 11.5. The zero-order chi connectivity index (χ0) is 16.7. The summed E-state index contributed by atoms with van der Waals surface area (Å²) >= 11 is 1.52. The molecule has 0 heterocycles. The lowest BCUT2D eigenvalue weighted by atomic mass is 10.0. The van der Waals surface area contributed by atoms with Crippen LogP contribution >= 0.6 is 11.8 Å². The lowest BCUT2D eigenvalue weighted by Crippen LogP contribution is -2.49. The van der Waals surface area contributed by atoms with Gasteiger partial charge in [-0.2, -0.15) is 11.8 Å². The lowest BCUT2D eigenvalue weighted by Gasteiger charge is -2.18. The minimum atomic E-state index is -1.27. The second-order valence-corrected chi connectivity index (χ2v) is 5.73. The molecule has 0 aliphatic carbocycles. The van der Waals surface area contributed by atoms with Gasteiger partial charge in [-0.15, -0.1) is 0 Å². The minimum Gasteiger partial charge on any atom is -0.480 e. The molecule has 0 aliphatic rings. The molecule has 122 valence electrons. The Bertz CT molecular complexity index is 543. The summed E-state index contributed by atoms with van der Waals surface area (Å²) in [6, 6.07) is 1.03. The first-order valence-electron chi connectivity index (χ1n) is 6.56. The van der Waals surface area contributed by atoms with Gasteiger partial charge in [0.25, 0.3) is 0 Å². The molecule has 5 nitrogen and oxygen atoms in total. The summed E-state index contributed by atoms with van der Waals surface area (Å²) in [6.07, 6.45) is 2.13. The fourth-order valence-electron chi connectivity index (χ4n) is 1.76. The number of thioether (sulfide) groups is 1. The highest BCUT2D eigenvalue weighted by atomic mass is 32.2. The Balaban J connectivity index is 2.71. The third-order valence-corrected chi connectivity index (χ3v) is 3.65. The van der Waals surface area contributed by atoms with Gasteiger partial charge in [-0.1, -0.05) is 6.07 Å². The van der Waals surface area contributed by atoms with Crippen LogP contribution in [0.15, 0.2) is 18.2 Å². The molecule has 0 aromatic heterocycles. The van der Waals surface area contributed by atoms with Crippen molar-refractivity contribution in [1.82, 2.24) is 5.32 Å². The number of amides is 1. The highest BCUT2D eigenvalue weighted by Crippen LogP contribution is 2.11. The van der Waals surface area contributed by atoms with Gasteiger partial charge >= 0.3 is 5.97 Å². The summed E-state index contributed by atoms with van der Waals surface area (Å²) in [4.78, 5) is 23.0. The molecular weight excluding hydrogens is 314 g/mol. The predicted octanol–water partition coefficient (Wildman–Crippen LogP) is 1.16. The summed E-state index contributed by atoms with van der Waals surface area (Å²) in [6.45, 7) is 0. The number of benzene rings is 1. The number of nitrogens with two attached hydrogens (primary N) is 1. The van der Waals surface area contributed by atoms with Crippen molar-refractivity contribution in [3.05, 3.63) is 35.4 Å². The molecule has 0 saturated carbocycles. The van der Waals surface area contributed by atoms with Crippen molar-refractivity contribution < 1.29 is 23.5 Å². The fourth-order valence-corrected chi connectivity index (χ4v) is 2.25. The van der Waals surface area contributed by atoms with Crippen molar-refractivity contribution in [2.75, 3.05) is 12.0 Å². The number of hydrogen-bond acceptors (Lipinski definition) is 4. The number of carbonyl (C=O) groups excluding carboxylic acids is 1. The molecule has 1 aromatic rings. The quantitative estimate of drug-likeness (QED) is 0.664. The monoisotopic (exact) mass is 332 g/mol. The molecule has 22 heavy (non-hydrogen) atoms. The van der Waals surface area contributed by atoms with Gasteiger partial charge in [-0.25, -0.2) is 13.6 Å². The van der Waals surface area contributed by atoms with Gasteiger partial charge < -0.3 is 16.2 Å². The maximum Gasteiger partial charge on any atom is 0.326 e. The van der Waals surface area contributed by atoms with Gasteiger partial charge in [0, 0.05) is 6.42 Å². The van der Waals surface area contributed by atoms with E-state index in [-0.39, 0.29) is 12.0 Å². The first-order valence-corrected chi connectivity index (χ1v) is 7.96. The molecule has 0 spiro atoms. The van der Waals surface area contributed by atoms with Gasteiger partial charge in [0.15, 0.2) is 11.6 Å². The second kappa shape index (κ2) is 8.70. The average Bonchev–Trinajstić information content (AvgIpc) is 2.47. The van der Waals surface area contributed by atoms with Crippen LogP contribution in [0.25, 0.3) is 0 Å². The van der Waals surface area contributed by atoms with Crippen LogP contribution in [0.5, 0.6) is 0 Å². The Morgan fingerprint density at radius 2 is 2.05 bits per heavy atom. The molecule has 2 atom stereocenters. The smallest absolute Gasteiger partial charge is 0.326 e. The topological polar surface area (TPSA) is 92.4 Å². The fraction of sp³-hybridized carbons (Fsp3) is 0.429. The number of rotatable bonds is 8. The molecule has 0 bridgehead atoms. The molecule has 1 rings (SSSR count). The molecule has 1 unspecified atom stereocenters. The van der Waals surface area contributed by atoms with E-state index in [4.69, 9.17) is 10.8 Å². The van der Waals surface area contributed by atoms with Gasteiger partial charge in [-0.3, -0.25) is 4.79 Å². The molecule has 1 aromatic carbocycles. The van der Waals surface area contributed by atoms with Crippen LogP contribution in [0.2, 0.25) is 0 Å². The van der Waals surface area contributed by atoms with Crippen LogP contribution in [0.1, 0.15) is 12.0 Å². The van der Waals surface area contributed by atoms with Gasteiger partial charge in [0.2, 0.25) is 5.91 Å². The largest absolute Gasteiger partial charge is 0.480 e. The lowest BCUT2D eigenvalue weighted by molar-refractivity contribution is -0.142. The van der Waals surface area contributed by atoms with E-state index >= 15 is 0 Å². The molecule has 0 saturated heterocycles. The van der Waals surface area contributed by atoms with E-state index in [1.807, 2.05) is 6.26 Å². The van der Waals surface area contributed by atoms with E-state index in [0.717, 1.165) is 12.1 Å². The molecule has 0 radical (unpaired) electrons. The SMILES string of the molecule is CSCC[C@H](N)C(=O)NC(Cc1ccc(F)c(F)c1)C(=O)O. The van der Waals surface area contributed by atoms with Crippen LogP contribution in [-0.4, -0.2) is 41.1 Å². The highest BCUT2D eigenvalue weighted by Gasteiger charge is 2.23. The Morgan fingerprint density at radius 3 is 2.59 bits per heavy atom. The van der Waals surface area contributed by atoms with Crippen molar-refractivity contribution in [2.24, 2.45) is 5.73 Å². The summed E-state index contributed by atoms with van der Waals surface area (Å²) in [5.41, 5.74) is 5.93. The third-order valence-electron chi connectivity index (χ3n) is 3.01. The van der Waals surface area contributed by atoms with E-state index in [0.29, 0.717) is 12.2 Å². The minimum absolute atomic E-state index is 0.159. The summed E-state index contributed by atoms with van der Waals surface area (Å²) in [7, 11) is 0. The van der Waals surface area contributed by atoms with Gasteiger partial charge in [-0.05, 0) is 36.1 Å². The van der Waals surface area contributed by atoms with Crippen molar-refractivity contribution in [2.45, 2.75) is 24.9 Å². The van der Waals surface area contributed by atoms with E-state index in [9.17, 15) is 18.4 Å². The molecule has 1 amide bonds. The Kier molecular flexibility index (Phi) is 7.26. The first kappa shape index (κ1) is 18.4. The number of aliphatic carboxylic acids is 1. The van der Waals surface area contributed by atoms with Gasteiger partial charge in [0.05, 0.1) is 6.04 Å². The predicted molar refractivity (Wildman–Crippen MR) is 80.6 cm³/mol. The highest BCUT2D eigenvalue weighted by molar-refractivity contribution is 7.98. The zero-order valence-corrected chi connectivity index (χ0v) is 12.8. The molecule has 0 fully saturated rings. The number of carboxylic acid groups (broad SMARTS) is 1. The van der Waals surface area contributed by atoms with Crippen LogP contribution < -0.4 is 11.1 Å². The zero-order valence-electron chi connectivity index (χ0n) is 12.0. The number of nitrogens with one attached hydrogen (secondary N) is 1. The van der Waals surface area contributed by atoms with Crippen molar-refractivity contribution in [3.8, 4) is 0 Å². The van der Waals surface area contributed by atoms with E-state index in [1.54, 1.807) is 0 Å². The van der Waals surface area contributed by atoms with Crippen molar-refractivity contribution >= 4 is 23.6 Å². The molecule has 4 N–H and O–H groups in total. The number of hydrogen-bond donors (Lipinski definition) is 3. The first-order chi connectivity index (χ1) is 10.3. The Labute approximate surface area is 131 Å². The Morgan fingerprint density at radius 1 is 1.36 bits per heavy atom. The standard InChI is InChI=1S/C14H18F2N2O3S/c1-22-5-4-11(17)13(19)18-12(14(20)21)7-8-2-3-9(15)10(16)6-8/h2-3,6,11-12H,4-5,7,17H2,1H3,(H,18,19)(H,20,21)/t11-,12?/m0/s1. The van der Waals surface area contributed by atoms with E-state index in [1.165, 1.54) is 17.8 Å². The second-order valence-electron chi connectivity index (χ2n) is 4.74. The maximum absolute atomic E-state index is 13.1. The molecule has 0 aliphatic heterocycles. The van der Waals surface area contributed by atoms with Crippen molar-refractivity contribution in [1.29, 1.82) is 0 Å². The van der Waals surface area contributed by atoms with Crippen LogP contribution in [0.3, 0.4) is 0 Å². The van der Waals surface area contributed by atoms with E-state index in [2.05, 4.69) is 5.32 Å². The summed E-state index contributed by atoms with van der Waals surface area (Å²) in [5.74, 6) is -3.25. The van der Waals surface area contributed by atoms with Gasteiger partial charge in [0.1, 0.15) is 6.04 Å². The number of halogens is 2. The Hall–Kier alpha value is -1.67. The average molecular weight is 332 g/mol. The van der Waals surface area contributed by atoms with Crippen LogP contribution in [0, 0.1) is 11.6 Å². The van der Waals surface area contributed by atoms with Crippen LogP contribution in [0.4, 0.5) is 8.78 Å². The summed E-state index contributed by atoms with van der Waals surface area (Å²) < 4.78 is 26.0. The molecule has 8 heteroatoms.